The largest absolute Gasteiger partial charge is 0.458 e. The highest BCUT2D eigenvalue weighted by Crippen LogP contribution is 2.27. The SMILES string of the molecule is CC(O)(CNC(=O)CCCN1C(=O)c2ccccc2C1=O)c1cc2ccccc2o1. The van der Waals surface area contributed by atoms with Crippen LogP contribution in [0.2, 0.25) is 0 Å². The molecule has 3 aromatic rings. The molecule has 7 nitrogen and oxygen atoms in total. The Labute approximate surface area is 173 Å². The molecule has 0 bridgehead atoms. The Bertz CT molecular complexity index is 1060. The van der Waals surface area contributed by atoms with Crippen molar-refractivity contribution < 1.29 is 23.9 Å². The Morgan fingerprint density at radius 2 is 1.70 bits per heavy atom. The lowest BCUT2D eigenvalue weighted by Gasteiger charge is -2.21. The number of rotatable bonds is 7. The number of nitrogens with zero attached hydrogens (tertiary/aromatic N) is 1. The summed E-state index contributed by atoms with van der Waals surface area (Å²) in [5.41, 5.74) is 0.0970. The maximum atomic E-state index is 12.3. The molecule has 3 amide bonds. The Morgan fingerprint density at radius 3 is 2.37 bits per heavy atom. The van der Waals surface area contributed by atoms with Gasteiger partial charge in [-0.3, -0.25) is 19.3 Å². The molecule has 7 heteroatoms. The van der Waals surface area contributed by atoms with Crippen molar-refractivity contribution in [3.63, 3.8) is 0 Å². The molecule has 0 saturated heterocycles. The monoisotopic (exact) mass is 406 g/mol. The first-order valence-corrected chi connectivity index (χ1v) is 9.80. The van der Waals surface area contributed by atoms with Crippen molar-refractivity contribution >= 4 is 28.7 Å². The van der Waals surface area contributed by atoms with Crippen LogP contribution >= 0.6 is 0 Å². The number of imide groups is 1. The van der Waals surface area contributed by atoms with Crippen LogP contribution in [0, 0.1) is 0 Å². The molecule has 1 aromatic heterocycles. The van der Waals surface area contributed by atoms with Gasteiger partial charge in [-0.15, -0.1) is 0 Å². The third kappa shape index (κ3) is 3.71. The van der Waals surface area contributed by atoms with Gasteiger partial charge in [0.05, 0.1) is 17.7 Å². The van der Waals surface area contributed by atoms with Crippen molar-refractivity contribution in [2.75, 3.05) is 13.1 Å². The van der Waals surface area contributed by atoms with Gasteiger partial charge in [0.2, 0.25) is 5.91 Å². The predicted molar refractivity (Wildman–Crippen MR) is 110 cm³/mol. The van der Waals surface area contributed by atoms with E-state index in [9.17, 15) is 19.5 Å². The minimum atomic E-state index is -1.36. The molecule has 0 spiro atoms. The zero-order valence-corrected chi connectivity index (χ0v) is 16.6. The molecule has 0 radical (unpaired) electrons. The van der Waals surface area contributed by atoms with Crippen molar-refractivity contribution in [2.45, 2.75) is 25.4 Å². The number of amides is 3. The molecule has 2 aromatic carbocycles. The van der Waals surface area contributed by atoms with Gasteiger partial charge in [0, 0.05) is 18.4 Å². The normalized spacial score (nSPS) is 15.3. The molecule has 1 unspecified atom stereocenters. The fraction of sp³-hybridized carbons (Fsp3) is 0.261. The van der Waals surface area contributed by atoms with Crippen LogP contribution in [-0.4, -0.2) is 40.8 Å². The molecular weight excluding hydrogens is 384 g/mol. The molecule has 0 saturated carbocycles. The second-order valence-electron chi connectivity index (χ2n) is 7.61. The fourth-order valence-electron chi connectivity index (χ4n) is 3.53. The number of para-hydroxylation sites is 1. The number of hydrogen-bond acceptors (Lipinski definition) is 5. The maximum Gasteiger partial charge on any atom is 0.261 e. The van der Waals surface area contributed by atoms with E-state index in [1.54, 1.807) is 37.3 Å². The third-order valence-electron chi connectivity index (χ3n) is 5.25. The van der Waals surface area contributed by atoms with E-state index in [1.807, 2.05) is 24.3 Å². The molecule has 4 rings (SSSR count). The van der Waals surface area contributed by atoms with Gasteiger partial charge in [-0.2, -0.15) is 0 Å². The Kier molecular flexibility index (Phi) is 5.13. The third-order valence-corrected chi connectivity index (χ3v) is 5.25. The number of aliphatic hydroxyl groups is 1. The highest BCUT2D eigenvalue weighted by molar-refractivity contribution is 6.21. The molecule has 1 aliphatic heterocycles. The van der Waals surface area contributed by atoms with Gasteiger partial charge in [-0.05, 0) is 37.6 Å². The van der Waals surface area contributed by atoms with Crippen LogP contribution in [0.3, 0.4) is 0 Å². The molecule has 1 aliphatic rings. The number of fused-ring (bicyclic) bond motifs is 2. The van der Waals surface area contributed by atoms with E-state index in [0.29, 0.717) is 28.9 Å². The number of nitrogens with one attached hydrogen (secondary N) is 1. The average Bonchev–Trinajstić information content (AvgIpc) is 3.29. The van der Waals surface area contributed by atoms with Crippen molar-refractivity contribution in [1.29, 1.82) is 0 Å². The molecule has 0 fully saturated rings. The second kappa shape index (κ2) is 7.76. The van der Waals surface area contributed by atoms with E-state index in [0.717, 1.165) is 5.39 Å². The Hall–Kier alpha value is -3.45. The van der Waals surface area contributed by atoms with Gasteiger partial charge in [-0.25, -0.2) is 0 Å². The molecular formula is C23H22N2O5. The van der Waals surface area contributed by atoms with Gasteiger partial charge in [0.15, 0.2) is 0 Å². The quantitative estimate of drug-likeness (QED) is 0.588. The van der Waals surface area contributed by atoms with Crippen molar-refractivity contribution in [2.24, 2.45) is 0 Å². The zero-order valence-electron chi connectivity index (χ0n) is 16.6. The van der Waals surface area contributed by atoms with E-state index < -0.39 is 5.60 Å². The second-order valence-corrected chi connectivity index (χ2v) is 7.61. The van der Waals surface area contributed by atoms with Gasteiger partial charge < -0.3 is 14.8 Å². The average molecular weight is 406 g/mol. The first-order chi connectivity index (χ1) is 14.4. The van der Waals surface area contributed by atoms with Gasteiger partial charge in [0.1, 0.15) is 16.9 Å². The Balaban J connectivity index is 1.28. The number of furan rings is 1. The zero-order chi connectivity index (χ0) is 21.3. The summed E-state index contributed by atoms with van der Waals surface area (Å²) in [4.78, 5) is 38.0. The molecule has 154 valence electrons. The molecule has 0 aliphatic carbocycles. The maximum absolute atomic E-state index is 12.3. The number of carbonyl (C=O) groups is 3. The van der Waals surface area contributed by atoms with Crippen LogP contribution in [0.15, 0.2) is 59.0 Å². The summed E-state index contributed by atoms with van der Waals surface area (Å²) < 4.78 is 5.69. The van der Waals surface area contributed by atoms with Crippen LogP contribution in [0.4, 0.5) is 0 Å². The lowest BCUT2D eigenvalue weighted by Crippen LogP contribution is -2.38. The van der Waals surface area contributed by atoms with E-state index >= 15 is 0 Å². The van der Waals surface area contributed by atoms with E-state index in [-0.39, 0.29) is 37.2 Å². The summed E-state index contributed by atoms with van der Waals surface area (Å²) in [6.45, 7) is 1.72. The Morgan fingerprint density at radius 1 is 1.07 bits per heavy atom. The molecule has 30 heavy (non-hydrogen) atoms. The topological polar surface area (TPSA) is 99.9 Å². The van der Waals surface area contributed by atoms with E-state index in [1.165, 1.54) is 4.90 Å². The van der Waals surface area contributed by atoms with Gasteiger partial charge in [-0.1, -0.05) is 30.3 Å². The van der Waals surface area contributed by atoms with Gasteiger partial charge in [0.25, 0.3) is 11.8 Å². The minimum absolute atomic E-state index is 0.0152. The van der Waals surface area contributed by atoms with Crippen LogP contribution in [0.5, 0.6) is 0 Å². The summed E-state index contributed by atoms with van der Waals surface area (Å²) in [6.07, 6.45) is 0.466. The highest BCUT2D eigenvalue weighted by Gasteiger charge is 2.34. The minimum Gasteiger partial charge on any atom is -0.458 e. The van der Waals surface area contributed by atoms with Crippen LogP contribution in [-0.2, 0) is 10.4 Å². The first-order valence-electron chi connectivity index (χ1n) is 9.80. The number of carbonyl (C=O) groups excluding carboxylic acids is 3. The van der Waals surface area contributed by atoms with Crippen LogP contribution in [0.25, 0.3) is 11.0 Å². The van der Waals surface area contributed by atoms with Crippen molar-refractivity contribution in [3.05, 3.63) is 71.5 Å². The number of benzene rings is 2. The molecule has 2 heterocycles. The lowest BCUT2D eigenvalue weighted by molar-refractivity contribution is -0.122. The first kappa shape index (κ1) is 19.8. The summed E-state index contributed by atoms with van der Waals surface area (Å²) in [5, 5.41) is 14.3. The summed E-state index contributed by atoms with van der Waals surface area (Å²) in [5.74, 6) is -0.564. The van der Waals surface area contributed by atoms with Crippen molar-refractivity contribution in [1.82, 2.24) is 10.2 Å². The lowest BCUT2D eigenvalue weighted by atomic mass is 10.0. The highest BCUT2D eigenvalue weighted by atomic mass is 16.4. The fourth-order valence-corrected chi connectivity index (χ4v) is 3.53. The molecule has 1 atom stereocenters. The summed E-state index contributed by atoms with van der Waals surface area (Å²) in [7, 11) is 0. The smallest absolute Gasteiger partial charge is 0.261 e. The van der Waals surface area contributed by atoms with E-state index in [2.05, 4.69) is 5.32 Å². The predicted octanol–water partition coefficient (Wildman–Crippen LogP) is 2.83. The van der Waals surface area contributed by atoms with Crippen LogP contribution in [0.1, 0.15) is 46.2 Å². The molecule has 2 N–H and O–H groups in total. The van der Waals surface area contributed by atoms with Crippen molar-refractivity contribution in [3.8, 4) is 0 Å². The summed E-state index contributed by atoms with van der Waals surface area (Å²) in [6, 6.07) is 15.9. The van der Waals surface area contributed by atoms with E-state index in [4.69, 9.17) is 4.42 Å². The van der Waals surface area contributed by atoms with Crippen LogP contribution < -0.4 is 5.32 Å². The standard InChI is InChI=1S/C23H22N2O5/c1-23(29,19-13-15-7-2-5-10-18(15)30-19)14-24-20(26)11-6-12-25-21(27)16-8-3-4-9-17(16)22(25)28/h2-5,7-10,13,29H,6,11-12,14H2,1H3,(H,24,26). The summed E-state index contributed by atoms with van der Waals surface area (Å²) >= 11 is 0. The van der Waals surface area contributed by atoms with Gasteiger partial charge >= 0.3 is 0 Å². The number of hydrogen-bond donors (Lipinski definition) is 2.